The van der Waals surface area contributed by atoms with Gasteiger partial charge in [-0.25, -0.2) is 9.59 Å². The highest BCUT2D eigenvalue weighted by molar-refractivity contribution is 5.81. The van der Waals surface area contributed by atoms with E-state index in [0.717, 1.165) is 22.3 Å². The molecule has 1 aliphatic rings. The molecule has 2 unspecified atom stereocenters. The van der Waals surface area contributed by atoms with E-state index in [4.69, 9.17) is 14.6 Å². The first-order valence-corrected chi connectivity index (χ1v) is 11.0. The Morgan fingerprint density at radius 1 is 0.939 bits per heavy atom. The lowest BCUT2D eigenvalue weighted by Crippen LogP contribution is -2.45. The van der Waals surface area contributed by atoms with Gasteiger partial charge in [-0.2, -0.15) is 0 Å². The molecule has 3 rings (SSSR count). The fourth-order valence-electron chi connectivity index (χ4n) is 4.07. The van der Waals surface area contributed by atoms with E-state index in [1.54, 1.807) is 0 Å². The Morgan fingerprint density at radius 3 is 2.03 bits per heavy atom. The third kappa shape index (κ3) is 5.70. The molecule has 0 spiro atoms. The Kier molecular flexibility index (Phi) is 8.06. The normalized spacial score (nSPS) is 14.2. The molecule has 8 nitrogen and oxygen atoms in total. The Morgan fingerprint density at radius 2 is 1.52 bits per heavy atom. The quantitative estimate of drug-likeness (QED) is 0.509. The number of amides is 2. The van der Waals surface area contributed by atoms with Gasteiger partial charge in [0.25, 0.3) is 0 Å². The molecule has 3 N–H and O–H groups in total. The summed E-state index contributed by atoms with van der Waals surface area (Å²) in [5.74, 6) is -2.18. The molecule has 176 valence electrons. The number of hydrogen-bond acceptors (Lipinski definition) is 5. The van der Waals surface area contributed by atoms with Gasteiger partial charge in [-0.3, -0.25) is 4.79 Å². The summed E-state index contributed by atoms with van der Waals surface area (Å²) in [6.45, 7) is 3.82. The van der Waals surface area contributed by atoms with Gasteiger partial charge in [0.1, 0.15) is 6.61 Å². The van der Waals surface area contributed by atoms with Crippen LogP contribution in [0.25, 0.3) is 11.1 Å². The number of carboxylic acid groups (broad SMARTS) is 1. The van der Waals surface area contributed by atoms with Crippen molar-refractivity contribution in [3.8, 4) is 11.1 Å². The van der Waals surface area contributed by atoms with Crippen LogP contribution < -0.4 is 10.6 Å². The van der Waals surface area contributed by atoms with Crippen LogP contribution in [-0.4, -0.2) is 56.0 Å². The highest BCUT2D eigenvalue weighted by Crippen LogP contribution is 2.44. The van der Waals surface area contributed by atoms with E-state index in [0.29, 0.717) is 0 Å². The van der Waals surface area contributed by atoms with Crippen molar-refractivity contribution >= 4 is 18.0 Å². The van der Waals surface area contributed by atoms with Crippen molar-refractivity contribution in [3.05, 3.63) is 59.7 Å². The molecule has 2 amide bonds. The minimum absolute atomic E-state index is 0.0469. The van der Waals surface area contributed by atoms with Gasteiger partial charge in [-0.05, 0) is 28.2 Å². The molecule has 2 aromatic rings. The molecular weight excluding hydrogens is 424 g/mol. The van der Waals surface area contributed by atoms with Crippen LogP contribution in [0.4, 0.5) is 4.79 Å². The average molecular weight is 455 g/mol. The maximum Gasteiger partial charge on any atom is 0.407 e. The third-order valence-corrected chi connectivity index (χ3v) is 5.97. The summed E-state index contributed by atoms with van der Waals surface area (Å²) < 4.78 is 10.3. The van der Waals surface area contributed by atoms with E-state index in [1.807, 2.05) is 50.2 Å². The highest BCUT2D eigenvalue weighted by atomic mass is 16.5. The molecule has 0 radical (unpaired) electrons. The molecule has 0 aliphatic heterocycles. The van der Waals surface area contributed by atoms with Gasteiger partial charge in [0.2, 0.25) is 5.91 Å². The second-order valence-corrected chi connectivity index (χ2v) is 8.36. The monoisotopic (exact) mass is 454 g/mol. The maximum atomic E-state index is 12.5. The lowest BCUT2D eigenvalue weighted by molar-refractivity contribution is -0.148. The first-order valence-electron chi connectivity index (χ1n) is 11.0. The van der Waals surface area contributed by atoms with Crippen LogP contribution in [-0.2, 0) is 19.1 Å². The lowest BCUT2D eigenvalue weighted by Gasteiger charge is -2.22. The van der Waals surface area contributed by atoms with Crippen LogP contribution in [0.15, 0.2) is 48.5 Å². The van der Waals surface area contributed by atoms with Gasteiger partial charge < -0.3 is 25.2 Å². The number of carboxylic acids is 1. The van der Waals surface area contributed by atoms with E-state index >= 15 is 0 Å². The molecule has 0 saturated heterocycles. The van der Waals surface area contributed by atoms with E-state index < -0.39 is 24.1 Å². The fraction of sp³-hybridized carbons (Fsp3) is 0.400. The standard InChI is InChI=1S/C25H30N2O6/c1-15(2)20(23(28)26-13-22(32-3)24(29)30)12-27-25(31)33-14-21-18-10-6-4-8-16(18)17-9-5-7-11-19(17)21/h4-11,15,20-22H,12-14H2,1-3H3,(H,26,28)(H,27,31)(H,29,30). The summed E-state index contributed by atoms with van der Waals surface area (Å²) >= 11 is 0. The van der Waals surface area contributed by atoms with Gasteiger partial charge in [-0.1, -0.05) is 62.4 Å². The molecule has 2 atom stereocenters. The third-order valence-electron chi connectivity index (χ3n) is 5.97. The SMILES string of the molecule is COC(CNC(=O)C(CNC(=O)OCC1c2ccccc2-c2ccccc21)C(C)C)C(=O)O. The molecule has 0 heterocycles. The summed E-state index contributed by atoms with van der Waals surface area (Å²) in [5.41, 5.74) is 4.54. The number of ether oxygens (including phenoxy) is 2. The first-order chi connectivity index (χ1) is 15.8. The van der Waals surface area contributed by atoms with Crippen molar-refractivity contribution < 1.29 is 29.0 Å². The second-order valence-electron chi connectivity index (χ2n) is 8.36. The number of nitrogens with one attached hydrogen (secondary N) is 2. The second kappa shape index (κ2) is 11.0. The average Bonchev–Trinajstić information content (AvgIpc) is 3.11. The number of carbonyl (C=O) groups is 3. The fourth-order valence-corrected chi connectivity index (χ4v) is 4.07. The van der Waals surface area contributed by atoms with E-state index in [-0.39, 0.29) is 37.4 Å². The molecule has 2 aromatic carbocycles. The van der Waals surface area contributed by atoms with Crippen LogP contribution in [0.3, 0.4) is 0 Å². The number of rotatable bonds is 10. The molecule has 8 heteroatoms. The molecular formula is C25H30N2O6. The first kappa shape index (κ1) is 24.3. The predicted molar refractivity (Wildman–Crippen MR) is 123 cm³/mol. The molecule has 1 aliphatic carbocycles. The Balaban J connectivity index is 1.55. The number of methoxy groups -OCH3 is 1. The van der Waals surface area contributed by atoms with Crippen molar-refractivity contribution in [2.45, 2.75) is 25.9 Å². The molecule has 33 heavy (non-hydrogen) atoms. The van der Waals surface area contributed by atoms with Crippen LogP contribution in [0, 0.1) is 11.8 Å². The predicted octanol–water partition coefficient (Wildman–Crippen LogP) is 3.01. The number of aliphatic carboxylic acids is 1. The van der Waals surface area contributed by atoms with Crippen LogP contribution >= 0.6 is 0 Å². The molecule has 0 aromatic heterocycles. The van der Waals surface area contributed by atoms with Crippen molar-refractivity contribution in [1.29, 1.82) is 0 Å². The minimum atomic E-state index is -1.16. The Bertz CT molecular complexity index is 960. The van der Waals surface area contributed by atoms with Crippen LogP contribution in [0.2, 0.25) is 0 Å². The zero-order valence-corrected chi connectivity index (χ0v) is 19.0. The van der Waals surface area contributed by atoms with Crippen LogP contribution in [0.1, 0.15) is 30.9 Å². The number of fused-ring (bicyclic) bond motifs is 3. The molecule has 0 fully saturated rings. The van der Waals surface area contributed by atoms with Crippen molar-refractivity contribution in [1.82, 2.24) is 10.6 Å². The Hall–Kier alpha value is -3.39. The van der Waals surface area contributed by atoms with Crippen molar-refractivity contribution in [2.75, 3.05) is 26.8 Å². The zero-order chi connectivity index (χ0) is 24.0. The topological polar surface area (TPSA) is 114 Å². The molecule has 0 saturated carbocycles. The van der Waals surface area contributed by atoms with Gasteiger partial charge >= 0.3 is 12.1 Å². The number of carbonyl (C=O) groups excluding carboxylic acids is 2. The Labute approximate surface area is 193 Å². The largest absolute Gasteiger partial charge is 0.479 e. The minimum Gasteiger partial charge on any atom is -0.479 e. The number of benzene rings is 2. The summed E-state index contributed by atoms with van der Waals surface area (Å²) in [7, 11) is 1.27. The van der Waals surface area contributed by atoms with E-state index in [2.05, 4.69) is 22.8 Å². The number of alkyl carbamates (subject to hydrolysis) is 1. The van der Waals surface area contributed by atoms with Gasteiger partial charge in [0.15, 0.2) is 6.10 Å². The smallest absolute Gasteiger partial charge is 0.407 e. The van der Waals surface area contributed by atoms with Gasteiger partial charge in [0.05, 0.1) is 12.5 Å². The number of hydrogen-bond donors (Lipinski definition) is 3. The van der Waals surface area contributed by atoms with E-state index in [9.17, 15) is 14.4 Å². The lowest BCUT2D eigenvalue weighted by atomic mass is 9.95. The van der Waals surface area contributed by atoms with Crippen LogP contribution in [0.5, 0.6) is 0 Å². The summed E-state index contributed by atoms with van der Waals surface area (Å²) in [6, 6.07) is 16.2. The summed E-state index contributed by atoms with van der Waals surface area (Å²) in [4.78, 5) is 36.0. The zero-order valence-electron chi connectivity index (χ0n) is 19.0. The van der Waals surface area contributed by atoms with E-state index in [1.165, 1.54) is 7.11 Å². The van der Waals surface area contributed by atoms with Gasteiger partial charge in [-0.15, -0.1) is 0 Å². The van der Waals surface area contributed by atoms with Gasteiger partial charge in [0, 0.05) is 19.6 Å². The van der Waals surface area contributed by atoms with Crippen molar-refractivity contribution in [3.63, 3.8) is 0 Å². The molecule has 0 bridgehead atoms. The summed E-state index contributed by atoms with van der Waals surface area (Å²) in [5, 5.41) is 14.3. The summed E-state index contributed by atoms with van der Waals surface area (Å²) in [6.07, 6.45) is -1.73. The maximum absolute atomic E-state index is 12.5. The highest BCUT2D eigenvalue weighted by Gasteiger charge is 2.29. The van der Waals surface area contributed by atoms with Crippen molar-refractivity contribution in [2.24, 2.45) is 11.8 Å².